The van der Waals surface area contributed by atoms with Gasteiger partial charge in [0.05, 0.1) is 10.0 Å². The second-order valence-corrected chi connectivity index (χ2v) is 5.63. The van der Waals surface area contributed by atoms with Crippen molar-refractivity contribution in [3.8, 4) is 0 Å². The van der Waals surface area contributed by atoms with Crippen LogP contribution < -0.4 is 0 Å². The summed E-state index contributed by atoms with van der Waals surface area (Å²) in [6, 6.07) is 14.2. The Balaban J connectivity index is 2.08. The summed E-state index contributed by atoms with van der Waals surface area (Å²) in [6.07, 6.45) is 0. The predicted molar refractivity (Wildman–Crippen MR) is 77.2 cm³/mol. The first kappa shape index (κ1) is 12.8. The topological polar surface area (TPSA) is 0 Å². The molecule has 0 aromatic heterocycles. The van der Waals surface area contributed by atoms with Crippen molar-refractivity contribution in [2.24, 2.45) is 0 Å². The van der Waals surface area contributed by atoms with Gasteiger partial charge in [0.2, 0.25) is 0 Å². The lowest BCUT2D eigenvalue weighted by Gasteiger charge is -2.06. The molecule has 0 fully saturated rings. The van der Waals surface area contributed by atoms with Gasteiger partial charge >= 0.3 is 0 Å². The van der Waals surface area contributed by atoms with Crippen LogP contribution >= 0.6 is 35.0 Å². The second-order valence-electron chi connectivity index (χ2n) is 3.80. The molecule has 0 aliphatic rings. The Kier molecular flexibility index (Phi) is 4.38. The van der Waals surface area contributed by atoms with Gasteiger partial charge in [-0.25, -0.2) is 0 Å². The first-order valence-electron chi connectivity index (χ1n) is 5.29. The maximum atomic E-state index is 5.99. The van der Waals surface area contributed by atoms with Crippen molar-refractivity contribution in [2.75, 3.05) is 0 Å². The standard InChI is InChI=1S/C14H12Cl2S/c1-10-4-2-3-5-14(10)17-9-11-6-7-12(15)13(16)8-11/h2-8H,9H2,1H3. The number of hydrogen-bond donors (Lipinski definition) is 0. The minimum absolute atomic E-state index is 0.608. The molecule has 2 rings (SSSR count). The molecule has 0 bridgehead atoms. The third kappa shape index (κ3) is 3.41. The average molecular weight is 283 g/mol. The first-order chi connectivity index (χ1) is 8.16. The maximum Gasteiger partial charge on any atom is 0.0595 e. The van der Waals surface area contributed by atoms with E-state index in [0.717, 1.165) is 5.75 Å². The third-order valence-electron chi connectivity index (χ3n) is 2.47. The molecule has 3 heteroatoms. The van der Waals surface area contributed by atoms with Crippen LogP contribution in [-0.4, -0.2) is 0 Å². The molecule has 2 aromatic rings. The smallest absolute Gasteiger partial charge is 0.0595 e. The molecule has 88 valence electrons. The molecule has 0 heterocycles. The fraction of sp³-hybridized carbons (Fsp3) is 0.143. The van der Waals surface area contributed by atoms with Crippen molar-refractivity contribution in [3.63, 3.8) is 0 Å². The SMILES string of the molecule is Cc1ccccc1SCc1ccc(Cl)c(Cl)c1. The summed E-state index contributed by atoms with van der Waals surface area (Å²) in [5.74, 6) is 0.905. The van der Waals surface area contributed by atoms with Crippen LogP contribution in [0.2, 0.25) is 10.0 Å². The Hall–Kier alpha value is -0.630. The molecule has 0 nitrogen and oxygen atoms in total. The number of rotatable bonds is 3. The van der Waals surface area contributed by atoms with Crippen molar-refractivity contribution < 1.29 is 0 Å². The van der Waals surface area contributed by atoms with Crippen LogP contribution in [0, 0.1) is 6.92 Å². The zero-order valence-electron chi connectivity index (χ0n) is 9.41. The number of aryl methyl sites for hydroxylation is 1. The van der Waals surface area contributed by atoms with Gasteiger partial charge in [0, 0.05) is 10.6 Å². The zero-order chi connectivity index (χ0) is 12.3. The molecule has 0 unspecified atom stereocenters. The van der Waals surface area contributed by atoms with Gasteiger partial charge in [-0.05, 0) is 36.2 Å². The van der Waals surface area contributed by atoms with E-state index in [-0.39, 0.29) is 0 Å². The van der Waals surface area contributed by atoms with Crippen molar-refractivity contribution in [1.29, 1.82) is 0 Å². The fourth-order valence-electron chi connectivity index (χ4n) is 1.51. The van der Waals surface area contributed by atoms with Crippen molar-refractivity contribution in [1.82, 2.24) is 0 Å². The monoisotopic (exact) mass is 282 g/mol. The molecule has 2 aromatic carbocycles. The predicted octanol–water partition coefficient (Wildman–Crippen LogP) is 5.59. The Morgan fingerprint density at radius 1 is 1.00 bits per heavy atom. The Labute approximate surface area is 116 Å². The van der Waals surface area contributed by atoms with E-state index in [4.69, 9.17) is 23.2 Å². The molecule has 0 spiro atoms. The van der Waals surface area contributed by atoms with E-state index < -0.39 is 0 Å². The number of hydrogen-bond acceptors (Lipinski definition) is 1. The first-order valence-corrected chi connectivity index (χ1v) is 7.03. The van der Waals surface area contributed by atoms with Gasteiger partial charge in [-0.2, -0.15) is 0 Å². The van der Waals surface area contributed by atoms with Crippen LogP contribution in [0.25, 0.3) is 0 Å². The quantitative estimate of drug-likeness (QED) is 0.661. The largest absolute Gasteiger partial charge is 0.121 e. The van der Waals surface area contributed by atoms with E-state index in [0.29, 0.717) is 10.0 Å². The molecule has 0 aliphatic heterocycles. The summed E-state index contributed by atoms with van der Waals surface area (Å²) in [7, 11) is 0. The van der Waals surface area contributed by atoms with E-state index in [9.17, 15) is 0 Å². The van der Waals surface area contributed by atoms with Crippen LogP contribution in [0.5, 0.6) is 0 Å². The molecule has 0 saturated heterocycles. The minimum atomic E-state index is 0.608. The molecular formula is C14H12Cl2S. The molecule has 0 aliphatic carbocycles. The normalized spacial score (nSPS) is 10.5. The highest BCUT2D eigenvalue weighted by molar-refractivity contribution is 7.98. The van der Waals surface area contributed by atoms with Crippen molar-refractivity contribution in [3.05, 3.63) is 63.6 Å². The van der Waals surface area contributed by atoms with E-state index in [1.165, 1.54) is 16.0 Å². The van der Waals surface area contributed by atoms with Gasteiger partial charge in [0.15, 0.2) is 0 Å². The zero-order valence-corrected chi connectivity index (χ0v) is 11.7. The van der Waals surface area contributed by atoms with Crippen LogP contribution in [-0.2, 0) is 5.75 Å². The van der Waals surface area contributed by atoms with Crippen LogP contribution in [0.4, 0.5) is 0 Å². The lowest BCUT2D eigenvalue weighted by molar-refractivity contribution is 1.29. The molecule has 0 radical (unpaired) electrons. The Morgan fingerprint density at radius 3 is 2.47 bits per heavy atom. The lowest BCUT2D eigenvalue weighted by Crippen LogP contribution is -1.83. The maximum absolute atomic E-state index is 5.99. The Morgan fingerprint density at radius 2 is 1.76 bits per heavy atom. The highest BCUT2D eigenvalue weighted by Crippen LogP contribution is 2.28. The molecule has 0 N–H and O–H groups in total. The lowest BCUT2D eigenvalue weighted by atomic mass is 10.2. The van der Waals surface area contributed by atoms with E-state index in [1.54, 1.807) is 0 Å². The van der Waals surface area contributed by atoms with Crippen molar-refractivity contribution in [2.45, 2.75) is 17.6 Å². The summed E-state index contributed by atoms with van der Waals surface area (Å²) >= 11 is 13.7. The summed E-state index contributed by atoms with van der Waals surface area (Å²) in [4.78, 5) is 1.30. The van der Waals surface area contributed by atoms with Gasteiger partial charge in [0.25, 0.3) is 0 Å². The highest BCUT2D eigenvalue weighted by Gasteiger charge is 2.02. The van der Waals surface area contributed by atoms with E-state index >= 15 is 0 Å². The molecule has 17 heavy (non-hydrogen) atoms. The van der Waals surface area contributed by atoms with Gasteiger partial charge in [-0.15, -0.1) is 11.8 Å². The van der Waals surface area contributed by atoms with Gasteiger partial charge < -0.3 is 0 Å². The average Bonchev–Trinajstić information content (AvgIpc) is 2.32. The Bertz CT molecular complexity index is 523. The summed E-state index contributed by atoms with van der Waals surface area (Å²) in [5, 5.41) is 1.23. The third-order valence-corrected chi connectivity index (χ3v) is 4.46. The number of halogens is 2. The minimum Gasteiger partial charge on any atom is -0.121 e. The highest BCUT2D eigenvalue weighted by atomic mass is 35.5. The van der Waals surface area contributed by atoms with Crippen molar-refractivity contribution >= 4 is 35.0 Å². The van der Waals surface area contributed by atoms with E-state index in [1.807, 2.05) is 30.0 Å². The van der Waals surface area contributed by atoms with Gasteiger partial charge in [-0.1, -0.05) is 47.5 Å². The van der Waals surface area contributed by atoms with Gasteiger partial charge in [-0.3, -0.25) is 0 Å². The second kappa shape index (κ2) is 5.81. The number of thioether (sulfide) groups is 1. The summed E-state index contributed by atoms with van der Waals surface area (Å²) in [6.45, 7) is 2.12. The van der Waals surface area contributed by atoms with Gasteiger partial charge in [0.1, 0.15) is 0 Å². The number of benzene rings is 2. The van der Waals surface area contributed by atoms with Crippen LogP contribution in [0.1, 0.15) is 11.1 Å². The molecular weight excluding hydrogens is 271 g/mol. The molecule has 0 atom stereocenters. The summed E-state index contributed by atoms with van der Waals surface area (Å²) in [5.41, 5.74) is 2.49. The van der Waals surface area contributed by atoms with E-state index in [2.05, 4.69) is 31.2 Å². The van der Waals surface area contributed by atoms with Crippen LogP contribution in [0.15, 0.2) is 47.4 Å². The molecule has 0 saturated carbocycles. The fourth-order valence-corrected chi connectivity index (χ4v) is 2.80. The van der Waals surface area contributed by atoms with Crippen LogP contribution in [0.3, 0.4) is 0 Å². The molecule has 0 amide bonds. The summed E-state index contributed by atoms with van der Waals surface area (Å²) < 4.78 is 0.